The molecule has 0 unspecified atom stereocenters. The van der Waals surface area contributed by atoms with Crippen LogP contribution in [0, 0.1) is 58.3 Å². The van der Waals surface area contributed by atoms with Gasteiger partial charge >= 0.3 is 35.0 Å². The number of esters is 2. The summed E-state index contributed by atoms with van der Waals surface area (Å²) in [5.74, 6) is -2.21. The molecule has 0 radical (unpaired) electrons. The van der Waals surface area contributed by atoms with Gasteiger partial charge in [0.2, 0.25) is 0 Å². The van der Waals surface area contributed by atoms with Crippen molar-refractivity contribution in [3.8, 4) is 0 Å². The van der Waals surface area contributed by atoms with Crippen molar-refractivity contribution in [2.75, 3.05) is 13.7 Å². The molecule has 0 amide bonds. The number of rotatable bonds is 14. The van der Waals surface area contributed by atoms with Gasteiger partial charge in [0, 0.05) is 12.0 Å². The molecule has 5 heterocycles. The number of Topliss-reactive ketones (excluding diaryl/α,β-unsaturated/α-hetero) is 1. The van der Waals surface area contributed by atoms with E-state index in [1.54, 1.807) is 0 Å². The number of carbonyl (C=O) groups is 3. The summed E-state index contributed by atoms with van der Waals surface area (Å²) in [7, 11) is 1.29. The van der Waals surface area contributed by atoms with Crippen molar-refractivity contribution in [2.45, 2.75) is 120 Å². The summed E-state index contributed by atoms with van der Waals surface area (Å²) in [5.41, 5.74) is 11.0. The van der Waals surface area contributed by atoms with Crippen LogP contribution in [0.4, 0.5) is 0 Å². The summed E-state index contributed by atoms with van der Waals surface area (Å²) in [6, 6.07) is 0. The van der Waals surface area contributed by atoms with E-state index in [2.05, 4.69) is 48.5 Å². The first kappa shape index (κ1) is 44.1. The molecule has 1 saturated heterocycles. The predicted octanol–water partition coefficient (Wildman–Crippen LogP) is 7.72. The van der Waals surface area contributed by atoms with Crippen LogP contribution in [0.25, 0.3) is 29.1 Å². The van der Waals surface area contributed by atoms with Gasteiger partial charge in [-0.2, -0.15) is 11.4 Å². The number of unbranched alkanes of at least 4 members (excludes halogenated alkanes) is 2. The molecule has 1 fully saturated rings. The van der Waals surface area contributed by atoms with Gasteiger partial charge in [-0.05, 0) is 84.6 Å². The zero-order chi connectivity index (χ0) is 40.4. The number of carbonyl (C=O) groups excluding carboxylic acids is 3. The molecule has 1 aliphatic carbocycles. The Hall–Kier alpha value is -4.02. The van der Waals surface area contributed by atoms with Crippen molar-refractivity contribution in [2.24, 2.45) is 23.7 Å². The summed E-state index contributed by atoms with van der Waals surface area (Å²) in [6.45, 7) is 19.1. The molecule has 10 heteroatoms. The van der Waals surface area contributed by atoms with Crippen molar-refractivity contribution < 1.29 is 23.9 Å². The van der Waals surface area contributed by atoms with E-state index >= 15 is 0 Å². The van der Waals surface area contributed by atoms with Crippen molar-refractivity contribution in [1.29, 1.82) is 0 Å². The first-order valence-electron chi connectivity index (χ1n) is 20.5. The fraction of sp³-hybridized carbons (Fsp3) is 0.511. The van der Waals surface area contributed by atoms with Gasteiger partial charge in [0.05, 0.1) is 7.11 Å². The van der Waals surface area contributed by atoms with Crippen LogP contribution in [-0.4, -0.2) is 54.5 Å². The maximum absolute atomic E-state index is 14.2. The van der Waals surface area contributed by atoms with E-state index in [0.717, 1.165) is 68.8 Å². The van der Waals surface area contributed by atoms with Crippen molar-refractivity contribution in [3.63, 3.8) is 0 Å². The third kappa shape index (κ3) is 9.02. The number of fused-ring (bicyclic) bond motifs is 7. The fourth-order valence-corrected chi connectivity index (χ4v) is 8.47. The smallest absolute Gasteiger partial charge is 0.664 e. The maximum atomic E-state index is 14.2. The minimum atomic E-state index is -1.20. The quantitative estimate of drug-likeness (QED) is 0.0535. The summed E-state index contributed by atoms with van der Waals surface area (Å²) in [5, 5.41) is 6.81. The van der Waals surface area contributed by atoms with Crippen LogP contribution >= 0.6 is 0 Å². The Balaban J connectivity index is 0.00000620. The van der Waals surface area contributed by atoms with Crippen LogP contribution in [0.5, 0.6) is 0 Å². The molecule has 9 nitrogen and oxygen atoms in total. The topological polar surface area (TPSA) is 126 Å². The van der Waals surface area contributed by atoms with Gasteiger partial charge in [-0.25, -0.2) is 0 Å². The molecule has 3 aliphatic rings. The van der Waals surface area contributed by atoms with E-state index < -0.39 is 11.9 Å². The Kier molecular flexibility index (Phi) is 14.5. The van der Waals surface area contributed by atoms with Gasteiger partial charge in [0.1, 0.15) is 12.5 Å². The average molecular weight is 783 g/mol. The normalized spacial score (nSPS) is 22.4. The van der Waals surface area contributed by atoms with Crippen LogP contribution in [0.3, 0.4) is 0 Å². The number of allylic oxidation sites excluding steroid dienone is 3. The number of aromatic nitrogens is 3. The van der Waals surface area contributed by atoms with Crippen LogP contribution < -0.4 is 25.7 Å². The van der Waals surface area contributed by atoms with Gasteiger partial charge in [0.25, 0.3) is 0 Å². The Morgan fingerprint density at radius 1 is 0.842 bits per heavy atom. The SMILES string of the molecule is CCCCC[C@@H](C)CCC/C(C)=C/COC(=O)CC[C@@H]1/C2=C3/c4[n-]c(c(C)c4C(=O)[C@@H]3C(=O)OC)/C=c3\[n-]/c(c(C)c3C)=C\c3[n-]c(c(C)c3C)/C=C(\[N-]2)[C@H]1C.[Mg+2]. The van der Waals surface area contributed by atoms with Gasteiger partial charge in [-0.3, -0.25) is 14.4 Å². The molecule has 8 bridgehead atoms. The van der Waals surface area contributed by atoms with Crippen molar-refractivity contribution in [1.82, 2.24) is 15.0 Å². The van der Waals surface area contributed by atoms with Crippen molar-refractivity contribution in [3.05, 3.63) is 95.2 Å². The molecule has 3 aromatic rings. The van der Waals surface area contributed by atoms with Crippen LogP contribution in [0.1, 0.15) is 146 Å². The molecule has 0 spiro atoms. The fourth-order valence-electron chi connectivity index (χ4n) is 8.47. The minimum absolute atomic E-state index is 0. The van der Waals surface area contributed by atoms with Crippen molar-refractivity contribution >= 4 is 64.6 Å². The summed E-state index contributed by atoms with van der Waals surface area (Å²) < 4.78 is 10.9. The first-order valence-corrected chi connectivity index (χ1v) is 20.5. The zero-order valence-corrected chi connectivity index (χ0v) is 37.1. The molecule has 3 aromatic heterocycles. The van der Waals surface area contributed by atoms with Gasteiger partial charge < -0.3 is 29.7 Å². The molecule has 57 heavy (non-hydrogen) atoms. The van der Waals surface area contributed by atoms with Crippen LogP contribution in [-0.2, 0) is 19.1 Å². The van der Waals surface area contributed by atoms with E-state index in [-0.39, 0.29) is 59.7 Å². The Labute approximate surface area is 354 Å². The predicted molar refractivity (Wildman–Crippen MR) is 227 cm³/mol. The number of ketones is 1. The van der Waals surface area contributed by atoms with Crippen LogP contribution in [0.2, 0.25) is 0 Å². The van der Waals surface area contributed by atoms with Gasteiger partial charge in [0.15, 0.2) is 5.78 Å². The second-order valence-electron chi connectivity index (χ2n) is 16.4. The standard InChI is InChI=1S/C47H59N4O5.Mg/c1-11-12-13-15-25(2)16-14-17-26(3)20-21-56-40(52)19-18-33-31(8)38-23-36-29(6)27(4)34(48-36)22-35-28(5)30(7)37(49-35)24-39-32(9)41-45(51-39)42(44(33)50-38)43(46(41)53)47(54)55-10;/h20,22-25,31,33,43H,11-19,21H2,1-10H3,(H-,50,51,53);/q-3;+2/p-1/b26-20+,35-22-,37-24-,38-23-;/t25-,31+,33+,43-;/m1./s1. The van der Waals surface area contributed by atoms with E-state index in [1.165, 1.54) is 44.8 Å². The summed E-state index contributed by atoms with van der Waals surface area (Å²) >= 11 is 0. The number of nitrogens with zero attached hydrogens (tertiary/aromatic N) is 4. The Bertz CT molecular complexity index is 2240. The summed E-state index contributed by atoms with van der Waals surface area (Å²) in [4.78, 5) is 56.0. The van der Waals surface area contributed by atoms with E-state index in [0.29, 0.717) is 40.2 Å². The third-order valence-corrected chi connectivity index (χ3v) is 12.5. The molecule has 2 aliphatic heterocycles. The molecule has 0 N–H and O–H groups in total. The summed E-state index contributed by atoms with van der Waals surface area (Å²) in [6.07, 6.45) is 17.0. The number of hydrogen-bond donors (Lipinski definition) is 0. The largest absolute Gasteiger partial charge is 2.00 e. The van der Waals surface area contributed by atoms with E-state index in [1.807, 2.05) is 38.2 Å². The first-order chi connectivity index (χ1) is 26.7. The minimum Gasteiger partial charge on any atom is -0.664 e. The molecule has 6 rings (SSSR count). The zero-order valence-electron chi connectivity index (χ0n) is 35.7. The Morgan fingerprint density at radius 2 is 1.47 bits per heavy atom. The average Bonchev–Trinajstić information content (AvgIpc) is 3.89. The maximum Gasteiger partial charge on any atom is 2.00 e. The molecular formula is C47H58MgN4O5-2. The van der Waals surface area contributed by atoms with Gasteiger partial charge in [-0.1, -0.05) is 110 Å². The number of methoxy groups -OCH3 is 1. The van der Waals surface area contributed by atoms with Crippen LogP contribution in [0.15, 0.2) is 23.0 Å². The number of ether oxygens (including phenoxy) is 2. The molecular weight excluding hydrogens is 725 g/mol. The second kappa shape index (κ2) is 18.7. The monoisotopic (exact) mass is 782 g/mol. The molecule has 4 atom stereocenters. The van der Waals surface area contributed by atoms with Gasteiger partial charge in [-0.15, -0.1) is 33.5 Å². The van der Waals surface area contributed by atoms with E-state index in [4.69, 9.17) is 29.7 Å². The molecule has 0 saturated carbocycles. The Morgan fingerprint density at radius 3 is 2.12 bits per heavy atom. The third-order valence-electron chi connectivity index (χ3n) is 12.5. The van der Waals surface area contributed by atoms with E-state index in [9.17, 15) is 14.4 Å². The second-order valence-corrected chi connectivity index (χ2v) is 16.4. The molecule has 0 aromatic carbocycles. The number of hydrogen-bond acceptors (Lipinski definition) is 5. The molecule has 300 valence electrons.